The molecule has 0 fully saturated rings. The van der Waals surface area contributed by atoms with Crippen molar-refractivity contribution in [1.29, 1.82) is 0 Å². The summed E-state index contributed by atoms with van der Waals surface area (Å²) in [5.41, 5.74) is 1.78. The summed E-state index contributed by atoms with van der Waals surface area (Å²) in [7, 11) is 0. The normalized spacial score (nSPS) is 17.0. The lowest BCUT2D eigenvalue weighted by Gasteiger charge is -2.16. The lowest BCUT2D eigenvalue weighted by atomic mass is 9.93. The Hall–Kier alpha value is -2.62. The SMILES string of the molecule is CC(C)(c1ncc(C2=CC=CC2)o1)c1ncc(C2=CC=CC2)o1. The molecule has 116 valence electrons. The summed E-state index contributed by atoms with van der Waals surface area (Å²) >= 11 is 0. The fourth-order valence-electron chi connectivity index (χ4n) is 2.77. The van der Waals surface area contributed by atoms with E-state index in [1.807, 2.05) is 26.0 Å². The maximum absolute atomic E-state index is 5.98. The first-order valence-corrected chi connectivity index (χ1v) is 7.79. The second-order valence-electron chi connectivity index (χ2n) is 6.33. The van der Waals surface area contributed by atoms with Crippen LogP contribution < -0.4 is 0 Å². The fraction of sp³-hybridized carbons (Fsp3) is 0.263. The second kappa shape index (κ2) is 5.23. The zero-order valence-corrected chi connectivity index (χ0v) is 13.2. The summed E-state index contributed by atoms with van der Waals surface area (Å²) < 4.78 is 12.0. The number of nitrogens with zero attached hydrogens (tertiary/aromatic N) is 2. The molecule has 23 heavy (non-hydrogen) atoms. The minimum absolute atomic E-state index is 0.518. The van der Waals surface area contributed by atoms with Gasteiger partial charge in [0.1, 0.15) is 5.41 Å². The van der Waals surface area contributed by atoms with E-state index in [0.717, 1.165) is 35.5 Å². The molecule has 0 N–H and O–H groups in total. The minimum atomic E-state index is -0.518. The predicted molar refractivity (Wildman–Crippen MR) is 88.6 cm³/mol. The molecular weight excluding hydrogens is 288 g/mol. The van der Waals surface area contributed by atoms with Crippen molar-refractivity contribution in [2.45, 2.75) is 32.1 Å². The van der Waals surface area contributed by atoms with Crippen LogP contribution in [0.1, 0.15) is 50.0 Å². The monoisotopic (exact) mass is 306 g/mol. The summed E-state index contributed by atoms with van der Waals surface area (Å²) in [5.74, 6) is 2.86. The van der Waals surface area contributed by atoms with Crippen molar-refractivity contribution in [3.05, 3.63) is 72.2 Å². The van der Waals surface area contributed by atoms with Gasteiger partial charge < -0.3 is 8.83 Å². The average Bonchev–Trinajstić information content (AvgIpc) is 3.36. The molecule has 0 bridgehead atoms. The molecule has 0 amide bonds. The number of aromatic nitrogens is 2. The molecule has 4 heteroatoms. The highest BCUT2D eigenvalue weighted by Crippen LogP contribution is 2.35. The van der Waals surface area contributed by atoms with Gasteiger partial charge >= 0.3 is 0 Å². The average molecular weight is 306 g/mol. The van der Waals surface area contributed by atoms with Gasteiger partial charge in [0.05, 0.1) is 12.4 Å². The Morgan fingerprint density at radius 2 is 1.30 bits per heavy atom. The Labute approximate surface area is 134 Å². The van der Waals surface area contributed by atoms with Crippen LogP contribution in [0, 0.1) is 0 Å². The standard InChI is InChI=1S/C19H18N2O2/c1-19(2,17-20-11-15(22-17)13-7-3-4-8-13)18-21-12-16(23-18)14-9-5-6-10-14/h3-7,9,11-12H,8,10H2,1-2H3. The summed E-state index contributed by atoms with van der Waals surface area (Å²) in [5, 5.41) is 0. The van der Waals surface area contributed by atoms with Gasteiger partial charge in [-0.3, -0.25) is 0 Å². The molecule has 0 spiro atoms. The van der Waals surface area contributed by atoms with Gasteiger partial charge in [0.15, 0.2) is 11.5 Å². The molecule has 0 saturated carbocycles. The molecule has 2 heterocycles. The van der Waals surface area contributed by atoms with Gasteiger partial charge in [-0.05, 0) is 26.7 Å². The first-order valence-electron chi connectivity index (χ1n) is 7.79. The van der Waals surface area contributed by atoms with E-state index in [-0.39, 0.29) is 0 Å². The van der Waals surface area contributed by atoms with E-state index in [4.69, 9.17) is 8.83 Å². The summed E-state index contributed by atoms with van der Waals surface area (Å²) in [4.78, 5) is 8.91. The minimum Gasteiger partial charge on any atom is -0.440 e. The van der Waals surface area contributed by atoms with E-state index in [1.165, 1.54) is 0 Å². The quantitative estimate of drug-likeness (QED) is 0.823. The molecule has 0 saturated heterocycles. The number of rotatable bonds is 4. The van der Waals surface area contributed by atoms with Crippen LogP contribution in [0.2, 0.25) is 0 Å². The van der Waals surface area contributed by atoms with Crippen LogP contribution in [0.3, 0.4) is 0 Å². The van der Waals surface area contributed by atoms with E-state index in [9.17, 15) is 0 Å². The van der Waals surface area contributed by atoms with Crippen molar-refractivity contribution >= 4 is 11.1 Å². The molecule has 2 aromatic rings. The van der Waals surface area contributed by atoms with E-state index in [2.05, 4.69) is 34.3 Å². The van der Waals surface area contributed by atoms with Gasteiger partial charge in [0, 0.05) is 11.1 Å². The van der Waals surface area contributed by atoms with E-state index >= 15 is 0 Å². The second-order valence-corrected chi connectivity index (χ2v) is 6.33. The molecule has 2 aromatic heterocycles. The molecule has 4 rings (SSSR count). The molecule has 0 aliphatic heterocycles. The summed E-state index contributed by atoms with van der Waals surface area (Å²) in [6.07, 6.45) is 17.7. The van der Waals surface area contributed by atoms with E-state index < -0.39 is 5.41 Å². The Morgan fingerprint density at radius 1 is 0.826 bits per heavy atom. The topological polar surface area (TPSA) is 52.1 Å². The van der Waals surface area contributed by atoms with Crippen LogP contribution in [0.25, 0.3) is 11.1 Å². The van der Waals surface area contributed by atoms with Crippen molar-refractivity contribution in [3.8, 4) is 0 Å². The third-order valence-electron chi connectivity index (χ3n) is 4.26. The molecule has 4 nitrogen and oxygen atoms in total. The van der Waals surface area contributed by atoms with Crippen LogP contribution in [0.4, 0.5) is 0 Å². The van der Waals surface area contributed by atoms with Gasteiger partial charge in [0.25, 0.3) is 0 Å². The van der Waals surface area contributed by atoms with E-state index in [0.29, 0.717) is 11.8 Å². The largest absolute Gasteiger partial charge is 0.440 e. The third kappa shape index (κ3) is 2.40. The van der Waals surface area contributed by atoms with Crippen LogP contribution in [-0.2, 0) is 5.41 Å². The van der Waals surface area contributed by atoms with Crippen LogP contribution in [0.5, 0.6) is 0 Å². The molecular formula is C19H18N2O2. The van der Waals surface area contributed by atoms with Gasteiger partial charge in [-0.25, -0.2) is 9.97 Å². The number of hydrogen-bond donors (Lipinski definition) is 0. The van der Waals surface area contributed by atoms with Gasteiger partial charge in [0.2, 0.25) is 11.8 Å². The zero-order chi connectivity index (χ0) is 15.9. The lowest BCUT2D eigenvalue weighted by molar-refractivity contribution is 0.336. The molecule has 2 aliphatic rings. The molecule has 0 unspecified atom stereocenters. The molecule has 0 atom stereocenters. The summed E-state index contributed by atoms with van der Waals surface area (Å²) in [6, 6.07) is 0. The zero-order valence-electron chi connectivity index (χ0n) is 13.2. The third-order valence-corrected chi connectivity index (χ3v) is 4.26. The highest BCUT2D eigenvalue weighted by atomic mass is 16.4. The first-order chi connectivity index (χ1) is 11.1. The first kappa shape index (κ1) is 14.0. The smallest absolute Gasteiger partial charge is 0.209 e. The van der Waals surface area contributed by atoms with E-state index in [1.54, 1.807) is 12.4 Å². The maximum atomic E-state index is 5.98. The Bertz CT molecular complexity index is 789. The van der Waals surface area contributed by atoms with Crippen molar-refractivity contribution in [1.82, 2.24) is 9.97 Å². The van der Waals surface area contributed by atoms with Crippen LogP contribution >= 0.6 is 0 Å². The van der Waals surface area contributed by atoms with Crippen LogP contribution in [0.15, 0.2) is 57.7 Å². The summed E-state index contributed by atoms with van der Waals surface area (Å²) in [6.45, 7) is 4.03. The number of oxazole rings is 2. The molecule has 0 aromatic carbocycles. The molecule has 0 radical (unpaired) electrons. The number of hydrogen-bond acceptors (Lipinski definition) is 4. The van der Waals surface area contributed by atoms with Crippen LogP contribution in [-0.4, -0.2) is 9.97 Å². The van der Waals surface area contributed by atoms with Crippen molar-refractivity contribution in [2.24, 2.45) is 0 Å². The lowest BCUT2D eigenvalue weighted by Crippen LogP contribution is -2.19. The Balaban J connectivity index is 1.62. The number of allylic oxidation sites excluding steroid dienone is 8. The van der Waals surface area contributed by atoms with Gasteiger partial charge in [-0.2, -0.15) is 0 Å². The Kier molecular flexibility index (Phi) is 3.18. The van der Waals surface area contributed by atoms with Crippen molar-refractivity contribution in [3.63, 3.8) is 0 Å². The van der Waals surface area contributed by atoms with Gasteiger partial charge in [-0.15, -0.1) is 0 Å². The highest BCUT2D eigenvalue weighted by Gasteiger charge is 2.34. The molecule has 2 aliphatic carbocycles. The predicted octanol–water partition coefficient (Wildman–Crippen LogP) is 4.68. The van der Waals surface area contributed by atoms with Crippen molar-refractivity contribution in [2.75, 3.05) is 0 Å². The highest BCUT2D eigenvalue weighted by molar-refractivity contribution is 5.67. The van der Waals surface area contributed by atoms with Gasteiger partial charge in [-0.1, -0.05) is 36.5 Å². The maximum Gasteiger partial charge on any atom is 0.209 e. The van der Waals surface area contributed by atoms with Crippen molar-refractivity contribution < 1.29 is 8.83 Å². The fourth-order valence-corrected chi connectivity index (χ4v) is 2.77. The Morgan fingerprint density at radius 3 is 1.70 bits per heavy atom.